The Labute approximate surface area is 133 Å². The molecule has 1 amide bonds. The van der Waals surface area contributed by atoms with Crippen LogP contribution in [0.4, 0.5) is 0 Å². The van der Waals surface area contributed by atoms with Crippen molar-refractivity contribution in [3.63, 3.8) is 0 Å². The molecule has 1 fully saturated rings. The van der Waals surface area contributed by atoms with Crippen molar-refractivity contribution in [2.45, 2.75) is 37.8 Å². The summed E-state index contributed by atoms with van der Waals surface area (Å²) in [6, 6.07) is 10.0. The molecule has 0 unspecified atom stereocenters. The van der Waals surface area contributed by atoms with Gasteiger partial charge in [0.15, 0.2) is 0 Å². The van der Waals surface area contributed by atoms with Gasteiger partial charge in [-0.15, -0.1) is 12.4 Å². The Balaban J connectivity index is 0.00000220. The fourth-order valence-corrected chi connectivity index (χ4v) is 2.67. The van der Waals surface area contributed by atoms with Crippen molar-refractivity contribution in [1.29, 1.82) is 0 Å². The van der Waals surface area contributed by atoms with Gasteiger partial charge in [-0.3, -0.25) is 4.79 Å². The normalized spacial score (nSPS) is 16.3. The van der Waals surface area contributed by atoms with E-state index < -0.39 is 5.54 Å². The molecule has 1 aliphatic rings. The summed E-state index contributed by atoms with van der Waals surface area (Å²) in [7, 11) is 1.81. The van der Waals surface area contributed by atoms with Gasteiger partial charge in [0.2, 0.25) is 5.91 Å². The van der Waals surface area contributed by atoms with Gasteiger partial charge >= 0.3 is 0 Å². The highest BCUT2D eigenvalue weighted by molar-refractivity contribution is 5.86. The van der Waals surface area contributed by atoms with E-state index in [9.17, 15) is 4.79 Å². The number of halogens is 1. The molecule has 1 saturated carbocycles. The number of rotatable bonds is 6. The maximum atomic E-state index is 12.3. The average molecular weight is 313 g/mol. The van der Waals surface area contributed by atoms with Crippen LogP contribution in [0.25, 0.3) is 0 Å². The molecule has 0 heterocycles. The van der Waals surface area contributed by atoms with Crippen molar-refractivity contribution in [3.05, 3.63) is 35.9 Å². The average Bonchev–Trinajstić information content (AvgIpc) is 2.92. The predicted octanol–water partition coefficient (Wildman–Crippen LogP) is 2.35. The van der Waals surface area contributed by atoms with Gasteiger partial charge in [0, 0.05) is 13.6 Å². The van der Waals surface area contributed by atoms with Gasteiger partial charge in [-0.25, -0.2) is 0 Å². The van der Waals surface area contributed by atoms with Crippen molar-refractivity contribution < 1.29 is 9.53 Å². The second kappa shape index (κ2) is 8.37. The van der Waals surface area contributed by atoms with Crippen molar-refractivity contribution in [1.82, 2.24) is 4.90 Å². The fourth-order valence-electron chi connectivity index (χ4n) is 2.67. The zero-order valence-electron chi connectivity index (χ0n) is 12.6. The number of ether oxygens (including phenoxy) is 1. The van der Waals surface area contributed by atoms with Crippen molar-refractivity contribution >= 4 is 18.3 Å². The summed E-state index contributed by atoms with van der Waals surface area (Å²) in [5, 5.41) is 0. The standard InChI is InChI=1S/C16H24N2O2.ClH/c1-18(15(19)16(17)9-5-6-10-16)11-12-20-13-14-7-3-2-4-8-14;/h2-4,7-8H,5-6,9-13,17H2,1H3;1H. The van der Waals surface area contributed by atoms with Gasteiger partial charge in [-0.05, 0) is 18.4 Å². The third-order valence-corrected chi connectivity index (χ3v) is 3.95. The van der Waals surface area contributed by atoms with Gasteiger partial charge in [0.1, 0.15) is 0 Å². The first kappa shape index (κ1) is 18.0. The van der Waals surface area contributed by atoms with E-state index in [2.05, 4.69) is 0 Å². The number of amides is 1. The molecule has 1 aromatic rings. The zero-order chi connectivity index (χ0) is 14.4. The number of nitrogens with zero attached hydrogens (tertiary/aromatic N) is 1. The molecular weight excluding hydrogens is 288 g/mol. The zero-order valence-corrected chi connectivity index (χ0v) is 13.4. The monoisotopic (exact) mass is 312 g/mol. The van der Waals surface area contributed by atoms with Gasteiger partial charge in [0.05, 0.1) is 18.8 Å². The lowest BCUT2D eigenvalue weighted by Gasteiger charge is -2.28. The van der Waals surface area contributed by atoms with E-state index in [-0.39, 0.29) is 18.3 Å². The van der Waals surface area contributed by atoms with Gasteiger partial charge < -0.3 is 15.4 Å². The van der Waals surface area contributed by atoms with Gasteiger partial charge in [0.25, 0.3) is 0 Å². The van der Waals surface area contributed by atoms with E-state index in [1.54, 1.807) is 11.9 Å². The molecule has 118 valence electrons. The van der Waals surface area contributed by atoms with Crippen LogP contribution in [0, 0.1) is 0 Å². The van der Waals surface area contributed by atoms with E-state index in [0.29, 0.717) is 19.8 Å². The van der Waals surface area contributed by atoms with E-state index in [4.69, 9.17) is 10.5 Å². The summed E-state index contributed by atoms with van der Waals surface area (Å²) < 4.78 is 5.60. The number of likely N-dealkylation sites (N-methyl/N-ethyl adjacent to an activating group) is 1. The third kappa shape index (κ3) is 4.99. The van der Waals surface area contributed by atoms with Crippen LogP contribution in [0.2, 0.25) is 0 Å². The Morgan fingerprint density at radius 2 is 1.90 bits per heavy atom. The molecule has 0 saturated heterocycles. The van der Waals surface area contributed by atoms with E-state index in [0.717, 1.165) is 31.2 Å². The largest absolute Gasteiger partial charge is 0.375 e. The highest BCUT2D eigenvalue weighted by Crippen LogP contribution is 2.28. The number of nitrogens with two attached hydrogens (primary N) is 1. The molecule has 2 rings (SSSR count). The molecule has 0 bridgehead atoms. The first-order valence-corrected chi connectivity index (χ1v) is 7.28. The lowest BCUT2D eigenvalue weighted by atomic mass is 9.97. The first-order chi connectivity index (χ1) is 9.62. The molecule has 2 N–H and O–H groups in total. The van der Waals surface area contributed by atoms with Crippen LogP contribution in [-0.4, -0.2) is 36.5 Å². The van der Waals surface area contributed by atoms with Crippen LogP contribution < -0.4 is 5.73 Å². The highest BCUT2D eigenvalue weighted by atomic mass is 35.5. The minimum absolute atomic E-state index is 0. The van der Waals surface area contributed by atoms with E-state index in [1.807, 2.05) is 30.3 Å². The van der Waals surface area contributed by atoms with E-state index in [1.165, 1.54) is 0 Å². The Morgan fingerprint density at radius 3 is 2.52 bits per heavy atom. The number of hydrogen-bond acceptors (Lipinski definition) is 3. The summed E-state index contributed by atoms with van der Waals surface area (Å²) in [5.41, 5.74) is 6.68. The quantitative estimate of drug-likeness (QED) is 0.820. The van der Waals surface area contributed by atoms with Crippen LogP contribution in [0.5, 0.6) is 0 Å². The Hall–Kier alpha value is -1.10. The summed E-state index contributed by atoms with van der Waals surface area (Å²) in [5.74, 6) is 0.0540. The molecule has 4 nitrogen and oxygen atoms in total. The van der Waals surface area contributed by atoms with Crippen molar-refractivity contribution in [3.8, 4) is 0 Å². The number of hydrogen-bond donors (Lipinski definition) is 1. The maximum Gasteiger partial charge on any atom is 0.242 e. The summed E-state index contributed by atoms with van der Waals surface area (Å²) >= 11 is 0. The van der Waals surface area contributed by atoms with Crippen LogP contribution in [0.15, 0.2) is 30.3 Å². The van der Waals surface area contributed by atoms with Crippen LogP contribution in [0.1, 0.15) is 31.2 Å². The molecule has 0 spiro atoms. The second-order valence-corrected chi connectivity index (χ2v) is 5.63. The summed E-state index contributed by atoms with van der Waals surface area (Å²) in [6.45, 7) is 1.70. The minimum atomic E-state index is -0.631. The Kier molecular flexibility index (Phi) is 7.15. The highest BCUT2D eigenvalue weighted by Gasteiger charge is 2.38. The summed E-state index contributed by atoms with van der Waals surface area (Å²) in [6.07, 6.45) is 3.73. The molecular formula is C16H25ClN2O2. The third-order valence-electron chi connectivity index (χ3n) is 3.95. The molecule has 21 heavy (non-hydrogen) atoms. The number of carbonyl (C=O) groups excluding carboxylic acids is 1. The SMILES string of the molecule is CN(CCOCc1ccccc1)C(=O)C1(N)CCCC1.Cl. The molecule has 0 aromatic heterocycles. The smallest absolute Gasteiger partial charge is 0.242 e. The van der Waals surface area contributed by atoms with E-state index >= 15 is 0 Å². The van der Waals surface area contributed by atoms with Crippen LogP contribution in [-0.2, 0) is 16.1 Å². The molecule has 1 aliphatic carbocycles. The lowest BCUT2D eigenvalue weighted by molar-refractivity contribution is -0.136. The van der Waals surface area contributed by atoms with Crippen molar-refractivity contribution in [2.75, 3.05) is 20.2 Å². The fraction of sp³-hybridized carbons (Fsp3) is 0.562. The molecule has 1 aromatic carbocycles. The topological polar surface area (TPSA) is 55.6 Å². The first-order valence-electron chi connectivity index (χ1n) is 7.28. The van der Waals surface area contributed by atoms with Gasteiger partial charge in [-0.1, -0.05) is 43.2 Å². The van der Waals surface area contributed by atoms with Gasteiger partial charge in [-0.2, -0.15) is 0 Å². The summed E-state index contributed by atoms with van der Waals surface area (Å²) in [4.78, 5) is 14.0. The maximum absolute atomic E-state index is 12.3. The van der Waals surface area contributed by atoms with Crippen LogP contribution in [0.3, 0.4) is 0 Å². The Morgan fingerprint density at radius 1 is 1.29 bits per heavy atom. The molecule has 0 atom stereocenters. The second-order valence-electron chi connectivity index (χ2n) is 5.63. The minimum Gasteiger partial charge on any atom is -0.375 e. The van der Waals surface area contributed by atoms with Crippen molar-refractivity contribution in [2.24, 2.45) is 5.73 Å². The van der Waals surface area contributed by atoms with Crippen LogP contribution >= 0.6 is 12.4 Å². The molecule has 5 heteroatoms. The Bertz CT molecular complexity index is 433. The lowest BCUT2D eigenvalue weighted by Crippen LogP contribution is -2.53. The molecule has 0 radical (unpaired) electrons. The predicted molar refractivity (Wildman–Crippen MR) is 86.4 cm³/mol. The molecule has 0 aliphatic heterocycles. The number of carbonyl (C=O) groups is 1. The number of benzene rings is 1.